The Kier molecular flexibility index (Phi) is 3.55. The van der Waals surface area contributed by atoms with Crippen LogP contribution in [0.25, 0.3) is 5.82 Å². The fourth-order valence-electron chi connectivity index (χ4n) is 3.62. The number of hydrogen-bond acceptors (Lipinski definition) is 4. The number of rotatable bonds is 2. The van der Waals surface area contributed by atoms with E-state index in [1.807, 2.05) is 30.0 Å². The standard InChI is InChI=1S/C17H19N5O2/c1-11-13(9-19-22(11)15-4-2-3-6-18-15)17(24)21-7-5-14-12(10-21)8-16(23)20-14/h2-4,6,9,12,14H,5,7-8,10H2,1H3,(H,20,23)/t12-,14+/m1/s1. The van der Waals surface area contributed by atoms with E-state index in [0.29, 0.717) is 30.9 Å². The fraction of sp³-hybridized carbons (Fsp3) is 0.412. The number of aromatic nitrogens is 3. The van der Waals surface area contributed by atoms with Crippen LogP contribution in [0.15, 0.2) is 30.6 Å². The van der Waals surface area contributed by atoms with Gasteiger partial charge in [0.2, 0.25) is 5.91 Å². The monoisotopic (exact) mass is 325 g/mol. The lowest BCUT2D eigenvalue weighted by Crippen LogP contribution is -2.47. The molecule has 2 aliphatic heterocycles. The van der Waals surface area contributed by atoms with Crippen LogP contribution in [0.4, 0.5) is 0 Å². The second-order valence-corrected chi connectivity index (χ2v) is 6.42. The third kappa shape index (κ3) is 2.46. The second-order valence-electron chi connectivity index (χ2n) is 6.42. The molecule has 0 aliphatic carbocycles. The molecule has 0 spiro atoms. The van der Waals surface area contributed by atoms with E-state index in [4.69, 9.17) is 0 Å². The van der Waals surface area contributed by atoms with Gasteiger partial charge in [0.25, 0.3) is 5.91 Å². The predicted octanol–water partition coefficient (Wildman–Crippen LogP) is 0.926. The van der Waals surface area contributed by atoms with Crippen molar-refractivity contribution >= 4 is 11.8 Å². The summed E-state index contributed by atoms with van der Waals surface area (Å²) in [6, 6.07) is 5.81. The number of piperidine rings is 1. The first-order chi connectivity index (χ1) is 11.6. The first-order valence-corrected chi connectivity index (χ1v) is 8.18. The van der Waals surface area contributed by atoms with Crippen molar-refractivity contribution in [3.8, 4) is 5.82 Å². The molecule has 4 heterocycles. The van der Waals surface area contributed by atoms with Crippen LogP contribution in [0.1, 0.15) is 28.9 Å². The average Bonchev–Trinajstić information content (AvgIpc) is 3.16. The number of pyridine rings is 1. The first-order valence-electron chi connectivity index (χ1n) is 8.18. The van der Waals surface area contributed by atoms with Crippen molar-refractivity contribution in [3.63, 3.8) is 0 Å². The van der Waals surface area contributed by atoms with Crippen LogP contribution in [-0.2, 0) is 4.79 Å². The summed E-state index contributed by atoms with van der Waals surface area (Å²) in [5, 5.41) is 7.31. The van der Waals surface area contributed by atoms with Gasteiger partial charge in [0.1, 0.15) is 0 Å². The minimum atomic E-state index is -0.0209. The summed E-state index contributed by atoms with van der Waals surface area (Å²) in [5.74, 6) is 0.991. The highest BCUT2D eigenvalue weighted by molar-refractivity contribution is 5.95. The third-order valence-electron chi connectivity index (χ3n) is 4.92. The van der Waals surface area contributed by atoms with Crippen molar-refractivity contribution in [2.75, 3.05) is 13.1 Å². The molecule has 0 saturated carbocycles. The van der Waals surface area contributed by atoms with Gasteiger partial charge in [-0.25, -0.2) is 9.67 Å². The maximum atomic E-state index is 12.9. The van der Waals surface area contributed by atoms with Crippen LogP contribution in [0.3, 0.4) is 0 Å². The van der Waals surface area contributed by atoms with E-state index in [2.05, 4.69) is 15.4 Å². The summed E-state index contributed by atoms with van der Waals surface area (Å²) in [4.78, 5) is 30.5. The maximum absolute atomic E-state index is 12.9. The van der Waals surface area contributed by atoms with E-state index < -0.39 is 0 Å². The van der Waals surface area contributed by atoms with E-state index in [1.165, 1.54) is 0 Å². The van der Waals surface area contributed by atoms with E-state index in [-0.39, 0.29) is 23.8 Å². The Bertz CT molecular complexity index is 786. The van der Waals surface area contributed by atoms with E-state index in [0.717, 1.165) is 12.1 Å². The molecule has 0 aromatic carbocycles. The molecule has 2 fully saturated rings. The van der Waals surface area contributed by atoms with Gasteiger partial charge in [0, 0.05) is 37.7 Å². The van der Waals surface area contributed by atoms with Crippen LogP contribution >= 0.6 is 0 Å². The Morgan fingerprint density at radius 3 is 3.04 bits per heavy atom. The van der Waals surface area contributed by atoms with Crippen molar-refractivity contribution in [1.82, 2.24) is 25.0 Å². The SMILES string of the molecule is Cc1c(C(=O)N2CC[C@@H]3NC(=O)C[C@@H]3C2)cnn1-c1ccccn1. The van der Waals surface area contributed by atoms with Crippen LogP contribution in [0, 0.1) is 12.8 Å². The predicted molar refractivity (Wildman–Crippen MR) is 86.7 cm³/mol. The molecule has 2 aromatic rings. The number of amides is 2. The molecule has 7 heteroatoms. The molecule has 2 aliphatic rings. The number of carbonyl (C=O) groups is 2. The lowest BCUT2D eigenvalue weighted by molar-refractivity contribution is -0.119. The Hall–Kier alpha value is -2.70. The Morgan fingerprint density at radius 2 is 2.25 bits per heavy atom. The Labute approximate surface area is 139 Å². The van der Waals surface area contributed by atoms with Gasteiger partial charge in [-0.3, -0.25) is 9.59 Å². The van der Waals surface area contributed by atoms with Crippen LogP contribution in [-0.4, -0.2) is 50.6 Å². The van der Waals surface area contributed by atoms with Crippen molar-refractivity contribution in [1.29, 1.82) is 0 Å². The zero-order chi connectivity index (χ0) is 16.7. The zero-order valence-electron chi connectivity index (χ0n) is 13.5. The molecule has 7 nitrogen and oxygen atoms in total. The molecule has 124 valence electrons. The van der Waals surface area contributed by atoms with Gasteiger partial charge in [-0.2, -0.15) is 5.10 Å². The molecular formula is C17H19N5O2. The van der Waals surface area contributed by atoms with Gasteiger partial charge >= 0.3 is 0 Å². The van der Waals surface area contributed by atoms with Gasteiger partial charge in [0.15, 0.2) is 5.82 Å². The minimum Gasteiger partial charge on any atom is -0.353 e. The number of carbonyl (C=O) groups excluding carboxylic acids is 2. The number of likely N-dealkylation sites (tertiary alicyclic amines) is 1. The highest BCUT2D eigenvalue weighted by Crippen LogP contribution is 2.26. The van der Waals surface area contributed by atoms with Crippen molar-refractivity contribution in [2.45, 2.75) is 25.8 Å². The van der Waals surface area contributed by atoms with Crippen LogP contribution in [0.2, 0.25) is 0 Å². The molecular weight excluding hydrogens is 306 g/mol. The van der Waals surface area contributed by atoms with Gasteiger partial charge in [0.05, 0.1) is 17.5 Å². The number of nitrogens with one attached hydrogen (secondary N) is 1. The lowest BCUT2D eigenvalue weighted by Gasteiger charge is -2.34. The smallest absolute Gasteiger partial charge is 0.257 e. The number of nitrogens with zero attached hydrogens (tertiary/aromatic N) is 4. The van der Waals surface area contributed by atoms with Gasteiger partial charge in [-0.15, -0.1) is 0 Å². The molecule has 0 unspecified atom stereocenters. The Morgan fingerprint density at radius 1 is 1.38 bits per heavy atom. The largest absolute Gasteiger partial charge is 0.353 e. The molecule has 2 aromatic heterocycles. The number of hydrogen-bond donors (Lipinski definition) is 1. The third-order valence-corrected chi connectivity index (χ3v) is 4.92. The summed E-state index contributed by atoms with van der Waals surface area (Å²) in [6.45, 7) is 3.16. The van der Waals surface area contributed by atoms with E-state index in [1.54, 1.807) is 17.1 Å². The molecule has 4 rings (SSSR count). The van der Waals surface area contributed by atoms with Crippen molar-refractivity contribution < 1.29 is 9.59 Å². The summed E-state index contributed by atoms with van der Waals surface area (Å²) >= 11 is 0. The topological polar surface area (TPSA) is 80.1 Å². The highest BCUT2D eigenvalue weighted by Gasteiger charge is 2.38. The van der Waals surface area contributed by atoms with E-state index in [9.17, 15) is 9.59 Å². The van der Waals surface area contributed by atoms with Gasteiger partial charge in [-0.1, -0.05) is 6.07 Å². The minimum absolute atomic E-state index is 0.0209. The molecule has 2 atom stereocenters. The number of fused-ring (bicyclic) bond motifs is 1. The maximum Gasteiger partial charge on any atom is 0.257 e. The summed E-state index contributed by atoms with van der Waals surface area (Å²) in [6.07, 6.45) is 4.64. The van der Waals surface area contributed by atoms with Crippen LogP contribution < -0.4 is 5.32 Å². The zero-order valence-corrected chi connectivity index (χ0v) is 13.5. The molecule has 24 heavy (non-hydrogen) atoms. The van der Waals surface area contributed by atoms with Crippen molar-refractivity contribution in [2.24, 2.45) is 5.92 Å². The summed E-state index contributed by atoms with van der Waals surface area (Å²) < 4.78 is 1.68. The van der Waals surface area contributed by atoms with Gasteiger partial charge in [-0.05, 0) is 25.5 Å². The van der Waals surface area contributed by atoms with Crippen molar-refractivity contribution in [3.05, 3.63) is 41.9 Å². The molecule has 1 N–H and O–H groups in total. The second kappa shape index (κ2) is 5.74. The fourth-order valence-corrected chi connectivity index (χ4v) is 3.62. The summed E-state index contributed by atoms with van der Waals surface area (Å²) in [7, 11) is 0. The molecule has 2 saturated heterocycles. The normalized spacial score (nSPS) is 23.0. The van der Waals surface area contributed by atoms with E-state index >= 15 is 0 Å². The lowest BCUT2D eigenvalue weighted by atomic mass is 9.93. The first kappa shape index (κ1) is 14.9. The molecule has 0 radical (unpaired) electrons. The highest BCUT2D eigenvalue weighted by atomic mass is 16.2. The summed E-state index contributed by atoms with van der Waals surface area (Å²) in [5.41, 5.74) is 1.37. The average molecular weight is 325 g/mol. The van der Waals surface area contributed by atoms with Gasteiger partial charge < -0.3 is 10.2 Å². The Balaban J connectivity index is 1.55. The molecule has 2 amide bonds. The van der Waals surface area contributed by atoms with Crippen LogP contribution in [0.5, 0.6) is 0 Å². The quantitative estimate of drug-likeness (QED) is 0.890. The molecule has 0 bridgehead atoms.